The van der Waals surface area contributed by atoms with Gasteiger partial charge in [-0.05, 0) is 36.1 Å². The van der Waals surface area contributed by atoms with Crippen molar-refractivity contribution in [2.24, 2.45) is 0 Å². The van der Waals surface area contributed by atoms with Crippen molar-refractivity contribution in [3.63, 3.8) is 0 Å². The van der Waals surface area contributed by atoms with Crippen LogP contribution in [-0.2, 0) is 11.2 Å². The Balaban J connectivity index is 1.41. The number of aryl methyl sites for hydroxylation is 1. The van der Waals surface area contributed by atoms with Gasteiger partial charge in [0.2, 0.25) is 0 Å². The topological polar surface area (TPSA) is 68.0 Å². The normalized spacial score (nSPS) is 20.6. The molecule has 0 bridgehead atoms. The molecule has 2 aliphatic rings. The smallest absolute Gasteiger partial charge is 0.320 e. The number of ether oxygens (including phenoxy) is 2. The van der Waals surface area contributed by atoms with Crippen LogP contribution in [-0.4, -0.2) is 67.3 Å². The number of hydrogen-bond donors (Lipinski definition) is 0. The van der Waals surface area contributed by atoms with Crippen molar-refractivity contribution < 1.29 is 18.7 Å². The fourth-order valence-corrected chi connectivity index (χ4v) is 5.05. The van der Waals surface area contributed by atoms with Crippen LogP contribution in [0.1, 0.15) is 42.2 Å². The summed E-state index contributed by atoms with van der Waals surface area (Å²) in [6.45, 7) is 5.91. The van der Waals surface area contributed by atoms with Gasteiger partial charge in [0.05, 0.1) is 26.2 Å². The number of likely N-dealkylation sites (tertiary alicyclic amines) is 1. The van der Waals surface area contributed by atoms with Crippen molar-refractivity contribution in [2.75, 3.05) is 46.5 Å². The van der Waals surface area contributed by atoms with Crippen molar-refractivity contribution in [1.82, 2.24) is 14.8 Å². The van der Waals surface area contributed by atoms with Crippen molar-refractivity contribution in [2.45, 2.75) is 31.6 Å². The van der Waals surface area contributed by atoms with Crippen LogP contribution in [0.2, 0.25) is 0 Å². The SMILES string of the molecule is CCc1ccc(C2CC(c3nc(-c4cccc(OC)c4)co3)CN(C(=O)N3CCOCC3)C2)cc1. The molecular formula is C28H33N3O4. The van der Waals surface area contributed by atoms with Crippen LogP contribution in [0.15, 0.2) is 59.2 Å². The Bertz CT molecular complexity index is 1140. The van der Waals surface area contributed by atoms with Crippen LogP contribution in [0.4, 0.5) is 4.79 Å². The van der Waals surface area contributed by atoms with E-state index in [-0.39, 0.29) is 17.9 Å². The molecule has 2 fully saturated rings. The second-order valence-corrected chi connectivity index (χ2v) is 9.31. The number of rotatable bonds is 5. The Kier molecular flexibility index (Phi) is 7.04. The first-order valence-electron chi connectivity index (χ1n) is 12.4. The lowest BCUT2D eigenvalue weighted by Crippen LogP contribution is -2.52. The van der Waals surface area contributed by atoms with Gasteiger partial charge in [-0.2, -0.15) is 0 Å². The van der Waals surface area contributed by atoms with Gasteiger partial charge in [0.1, 0.15) is 17.7 Å². The van der Waals surface area contributed by atoms with Crippen molar-refractivity contribution in [3.8, 4) is 17.0 Å². The van der Waals surface area contributed by atoms with Crippen molar-refractivity contribution >= 4 is 6.03 Å². The molecule has 0 N–H and O–H groups in total. The molecule has 1 aromatic heterocycles. The fourth-order valence-electron chi connectivity index (χ4n) is 5.05. The minimum absolute atomic E-state index is 0.0175. The average Bonchev–Trinajstić information content (AvgIpc) is 3.43. The first-order valence-corrected chi connectivity index (χ1v) is 12.4. The quantitative estimate of drug-likeness (QED) is 0.523. The van der Waals surface area contributed by atoms with E-state index in [0.29, 0.717) is 45.3 Å². The highest BCUT2D eigenvalue weighted by Crippen LogP contribution is 2.37. The zero-order valence-corrected chi connectivity index (χ0v) is 20.5. The minimum Gasteiger partial charge on any atom is -0.497 e. The van der Waals surface area contributed by atoms with Crippen LogP contribution < -0.4 is 4.74 Å². The highest BCUT2D eigenvalue weighted by Gasteiger charge is 2.36. The summed E-state index contributed by atoms with van der Waals surface area (Å²) in [5.41, 5.74) is 4.30. The van der Waals surface area contributed by atoms with E-state index in [9.17, 15) is 4.79 Å². The van der Waals surface area contributed by atoms with E-state index in [1.165, 1.54) is 11.1 Å². The first kappa shape index (κ1) is 23.4. The van der Waals surface area contributed by atoms with E-state index in [1.54, 1.807) is 13.4 Å². The molecule has 5 rings (SSSR count). The lowest BCUT2D eigenvalue weighted by molar-refractivity contribution is 0.0393. The molecule has 3 aromatic rings. The summed E-state index contributed by atoms with van der Waals surface area (Å²) in [5, 5.41) is 0. The zero-order chi connectivity index (χ0) is 24.2. The molecule has 0 radical (unpaired) electrons. The summed E-state index contributed by atoms with van der Waals surface area (Å²) in [6.07, 6.45) is 3.60. The molecule has 2 atom stereocenters. The van der Waals surface area contributed by atoms with E-state index in [0.717, 1.165) is 29.8 Å². The summed E-state index contributed by atoms with van der Waals surface area (Å²) in [7, 11) is 1.66. The lowest BCUT2D eigenvalue weighted by atomic mass is 9.84. The van der Waals surface area contributed by atoms with Crippen LogP contribution in [0.5, 0.6) is 5.75 Å². The molecule has 0 saturated carbocycles. The van der Waals surface area contributed by atoms with Gasteiger partial charge < -0.3 is 23.7 Å². The summed E-state index contributed by atoms with van der Waals surface area (Å²) in [5.74, 6) is 1.70. The van der Waals surface area contributed by atoms with E-state index in [2.05, 4.69) is 31.2 Å². The maximum Gasteiger partial charge on any atom is 0.320 e. The third-order valence-corrected chi connectivity index (χ3v) is 7.10. The Hall–Kier alpha value is -3.32. The molecule has 2 aromatic carbocycles. The van der Waals surface area contributed by atoms with Crippen LogP contribution in [0.3, 0.4) is 0 Å². The number of urea groups is 1. The molecule has 2 amide bonds. The first-order chi connectivity index (χ1) is 17.1. The standard InChI is InChI=1S/C28H33N3O4/c1-3-20-7-9-21(10-8-20)23-15-24(18-31(17-23)28(32)30-11-13-34-14-12-30)27-29-26(19-35-27)22-5-4-6-25(16-22)33-2/h4-10,16,19,23-24H,3,11-15,17-18H2,1-2H3. The van der Waals surface area contributed by atoms with Gasteiger partial charge in [0.25, 0.3) is 0 Å². The van der Waals surface area contributed by atoms with Crippen LogP contribution in [0, 0.1) is 0 Å². The molecule has 3 heterocycles. The van der Waals surface area contributed by atoms with Gasteiger partial charge in [-0.25, -0.2) is 9.78 Å². The van der Waals surface area contributed by atoms with Gasteiger partial charge in [0.15, 0.2) is 5.89 Å². The number of hydrogen-bond acceptors (Lipinski definition) is 5. The Morgan fingerprint density at radius 2 is 1.83 bits per heavy atom. The van der Waals surface area contributed by atoms with Crippen molar-refractivity contribution in [1.29, 1.82) is 0 Å². The third kappa shape index (κ3) is 5.20. The molecule has 2 unspecified atom stereocenters. The number of morpholine rings is 1. The Labute approximate surface area is 206 Å². The van der Waals surface area contributed by atoms with Gasteiger partial charge in [-0.3, -0.25) is 0 Å². The Morgan fingerprint density at radius 1 is 1.06 bits per heavy atom. The minimum atomic E-state index is 0.0175. The predicted molar refractivity (Wildman–Crippen MR) is 134 cm³/mol. The van der Waals surface area contributed by atoms with Gasteiger partial charge in [-0.15, -0.1) is 0 Å². The summed E-state index contributed by atoms with van der Waals surface area (Å²) < 4.78 is 16.8. The number of amides is 2. The van der Waals surface area contributed by atoms with Gasteiger partial charge >= 0.3 is 6.03 Å². The summed E-state index contributed by atoms with van der Waals surface area (Å²) in [4.78, 5) is 22.2. The van der Waals surface area contributed by atoms with Crippen LogP contribution >= 0.6 is 0 Å². The number of methoxy groups -OCH3 is 1. The number of oxazole rings is 1. The van der Waals surface area contributed by atoms with Gasteiger partial charge in [-0.1, -0.05) is 43.3 Å². The van der Waals surface area contributed by atoms with E-state index in [4.69, 9.17) is 18.9 Å². The van der Waals surface area contributed by atoms with E-state index < -0.39 is 0 Å². The molecular weight excluding hydrogens is 442 g/mol. The van der Waals surface area contributed by atoms with E-state index in [1.807, 2.05) is 34.1 Å². The number of aromatic nitrogens is 1. The molecule has 184 valence electrons. The molecule has 2 saturated heterocycles. The molecule has 7 nitrogen and oxygen atoms in total. The number of nitrogens with zero attached hydrogens (tertiary/aromatic N) is 3. The second kappa shape index (κ2) is 10.5. The lowest BCUT2D eigenvalue weighted by Gasteiger charge is -2.40. The fraction of sp³-hybridized carbons (Fsp3) is 0.429. The molecule has 0 aliphatic carbocycles. The summed E-state index contributed by atoms with van der Waals surface area (Å²) >= 11 is 0. The number of carbonyl (C=O) groups is 1. The molecule has 7 heteroatoms. The maximum atomic E-state index is 13.4. The second-order valence-electron chi connectivity index (χ2n) is 9.31. The van der Waals surface area contributed by atoms with Crippen LogP contribution in [0.25, 0.3) is 11.3 Å². The molecule has 0 spiro atoms. The molecule has 35 heavy (non-hydrogen) atoms. The largest absolute Gasteiger partial charge is 0.497 e. The highest BCUT2D eigenvalue weighted by molar-refractivity contribution is 5.75. The Morgan fingerprint density at radius 3 is 2.57 bits per heavy atom. The average molecular weight is 476 g/mol. The number of piperidine rings is 1. The number of carbonyl (C=O) groups excluding carboxylic acids is 1. The monoisotopic (exact) mass is 475 g/mol. The predicted octanol–water partition coefficient (Wildman–Crippen LogP) is 4.94. The van der Waals surface area contributed by atoms with Gasteiger partial charge in [0, 0.05) is 37.7 Å². The summed E-state index contributed by atoms with van der Waals surface area (Å²) in [6, 6.07) is 16.7. The maximum absolute atomic E-state index is 13.4. The third-order valence-electron chi connectivity index (χ3n) is 7.10. The highest BCUT2D eigenvalue weighted by atomic mass is 16.5. The number of benzene rings is 2. The van der Waals surface area contributed by atoms with Crippen molar-refractivity contribution in [3.05, 3.63) is 71.8 Å². The van der Waals surface area contributed by atoms with E-state index >= 15 is 0 Å². The zero-order valence-electron chi connectivity index (χ0n) is 20.5. The molecule has 2 aliphatic heterocycles.